The predicted octanol–water partition coefficient (Wildman–Crippen LogP) is 17.3. The molecule has 0 aliphatic heterocycles. The Hall–Kier alpha value is -8.24. The molecule has 12 aromatic rings. The summed E-state index contributed by atoms with van der Waals surface area (Å²) in [7, 11) is -3.19. The third kappa shape index (κ3) is 7.20. The van der Waals surface area contributed by atoms with Gasteiger partial charge in [-0.3, -0.25) is 0 Å². The Morgan fingerprint density at radius 1 is 0.411 bits per heavy atom. The average Bonchev–Trinajstić information content (AvgIpc) is 4.08. The minimum atomic E-state index is -1.60. The molecule has 3 aromatic heterocycles. The Morgan fingerprint density at radius 3 is 1.59 bits per heavy atom. The van der Waals surface area contributed by atoms with E-state index in [-0.39, 0.29) is 0 Å². The second-order valence-electron chi connectivity index (χ2n) is 21.6. The van der Waals surface area contributed by atoms with Gasteiger partial charge in [0.15, 0.2) is 5.58 Å². The maximum Gasteiger partial charge on any atom is 0.227 e. The largest absolute Gasteiger partial charge is 0.454 e. The first-order valence-electron chi connectivity index (χ1n) is 25.4. The summed E-state index contributed by atoms with van der Waals surface area (Å²) in [5.74, 6) is 0. The van der Waals surface area contributed by atoms with Crippen molar-refractivity contribution >= 4 is 105 Å². The van der Waals surface area contributed by atoms with Gasteiger partial charge in [0.2, 0.25) is 5.71 Å². The zero-order valence-corrected chi connectivity index (χ0v) is 44.0. The molecule has 3 heterocycles. The quantitative estimate of drug-likeness (QED) is 0.128. The van der Waals surface area contributed by atoms with E-state index in [4.69, 9.17) is 8.83 Å². The highest BCUT2D eigenvalue weighted by atomic mass is 28.3. The van der Waals surface area contributed by atoms with Crippen molar-refractivity contribution in [1.29, 1.82) is 0 Å². The molecule has 0 fully saturated rings. The molecule has 0 unspecified atom stereocenters. The van der Waals surface area contributed by atoms with E-state index in [1.165, 1.54) is 43.8 Å². The summed E-state index contributed by atoms with van der Waals surface area (Å²) in [6, 6.07) is 80.4. The van der Waals surface area contributed by atoms with Crippen LogP contribution in [0.5, 0.6) is 0 Å². The number of hydrogen-bond donors (Lipinski definition) is 0. The van der Waals surface area contributed by atoms with Crippen LogP contribution in [-0.2, 0) is 5.41 Å². The molecule has 73 heavy (non-hydrogen) atoms. The Kier molecular flexibility index (Phi) is 10.4. The summed E-state index contributed by atoms with van der Waals surface area (Å²) < 4.78 is 13.7. The van der Waals surface area contributed by atoms with Crippen LogP contribution in [-0.4, -0.2) is 21.1 Å². The molecule has 0 N–H and O–H groups in total. The fourth-order valence-corrected chi connectivity index (χ4v) is 13.9. The second-order valence-corrected chi connectivity index (χ2v) is 31.7. The molecule has 5 nitrogen and oxygen atoms in total. The first kappa shape index (κ1) is 44.7. The molecule has 1 aliphatic carbocycles. The van der Waals surface area contributed by atoms with Crippen molar-refractivity contribution in [3.05, 3.63) is 247 Å². The van der Waals surface area contributed by atoms with Crippen LogP contribution < -0.4 is 20.2 Å². The van der Waals surface area contributed by atoms with Crippen molar-refractivity contribution in [2.45, 2.75) is 44.7 Å². The van der Waals surface area contributed by atoms with Gasteiger partial charge in [0.25, 0.3) is 0 Å². The summed E-state index contributed by atoms with van der Waals surface area (Å²) >= 11 is 0. The smallest absolute Gasteiger partial charge is 0.227 e. The molecule has 354 valence electrons. The first-order chi connectivity index (χ1) is 35.5. The van der Waals surface area contributed by atoms with Crippen molar-refractivity contribution in [3.8, 4) is 11.1 Å². The van der Waals surface area contributed by atoms with Gasteiger partial charge >= 0.3 is 0 Å². The molecule has 9 aromatic carbocycles. The van der Waals surface area contributed by atoms with Crippen molar-refractivity contribution in [2.24, 2.45) is 0 Å². The van der Waals surface area contributed by atoms with Gasteiger partial charge in [0, 0.05) is 62.2 Å². The standard InChI is InChI=1S/C66H55N3O2Si2/c1-72(2,3)51-34-28-47(29-35-51)68(50-32-38-53-54-26-18-40-67-65(54)71-61(53)42-50)49-33-39-55-57(41-49)66(44-19-10-7-11-20-44,45-21-12-8-13-22-45)58-43-59(64-63(62(55)58)56-25-16-17-27-60(56)70-64)69(46-23-14-9-15-24-46)48-30-36-52(37-31-48)73(4,5)6/h7-43H,1-6H3. The molecule has 0 atom stereocenters. The van der Waals surface area contributed by atoms with Gasteiger partial charge in [-0.25, -0.2) is 4.98 Å². The molecule has 0 radical (unpaired) electrons. The molecule has 13 rings (SSSR count). The third-order valence-electron chi connectivity index (χ3n) is 15.1. The lowest BCUT2D eigenvalue weighted by molar-refractivity contribution is 0.654. The number of anilines is 6. The molecule has 1 aliphatic rings. The Bertz CT molecular complexity index is 4000. The molecular formula is C66H55N3O2Si2. The molecule has 0 bridgehead atoms. The van der Waals surface area contributed by atoms with Crippen LogP contribution in [0.4, 0.5) is 34.1 Å². The maximum absolute atomic E-state index is 7.22. The number of fused-ring (bicyclic) bond motifs is 10. The number of benzene rings is 9. The predicted molar refractivity (Wildman–Crippen MR) is 311 cm³/mol. The monoisotopic (exact) mass is 977 g/mol. The first-order valence-corrected chi connectivity index (χ1v) is 32.4. The molecule has 0 saturated heterocycles. The number of nitrogens with zero attached hydrogens (tertiary/aromatic N) is 3. The topological polar surface area (TPSA) is 45.7 Å². The van der Waals surface area contributed by atoms with Crippen LogP contribution in [0, 0.1) is 0 Å². The SMILES string of the molecule is C[Si](C)(C)c1ccc(N(c2ccc3c(c2)C(c2ccccc2)(c2ccccc2)c2cc(N(c4ccccc4)c4ccc([Si](C)(C)C)cc4)c4oc5ccccc5c4c2-3)c2ccc3c(c2)oc2ncccc23)cc1. The van der Waals surface area contributed by atoms with Gasteiger partial charge in [0.1, 0.15) is 11.2 Å². The van der Waals surface area contributed by atoms with Gasteiger partial charge in [-0.15, -0.1) is 0 Å². The van der Waals surface area contributed by atoms with E-state index in [0.717, 1.165) is 72.4 Å². The van der Waals surface area contributed by atoms with Gasteiger partial charge in [0.05, 0.1) is 27.3 Å². The molecular weight excluding hydrogens is 923 g/mol. The van der Waals surface area contributed by atoms with Crippen molar-refractivity contribution in [1.82, 2.24) is 4.98 Å². The van der Waals surface area contributed by atoms with E-state index in [9.17, 15) is 0 Å². The number of para-hydroxylation sites is 2. The maximum atomic E-state index is 7.22. The van der Waals surface area contributed by atoms with E-state index >= 15 is 0 Å². The summed E-state index contributed by atoms with van der Waals surface area (Å²) in [5, 5.41) is 7.07. The Labute approximate surface area is 428 Å². The summed E-state index contributed by atoms with van der Waals surface area (Å²) in [6.45, 7) is 14.4. The van der Waals surface area contributed by atoms with Gasteiger partial charge < -0.3 is 18.6 Å². The highest BCUT2D eigenvalue weighted by molar-refractivity contribution is 6.89. The Balaban J connectivity index is 1.13. The van der Waals surface area contributed by atoms with E-state index in [2.05, 4.69) is 266 Å². The van der Waals surface area contributed by atoms with Crippen LogP contribution in [0.2, 0.25) is 39.3 Å². The normalized spacial score (nSPS) is 13.2. The average molecular weight is 978 g/mol. The minimum absolute atomic E-state index is 0.637. The number of hydrogen-bond acceptors (Lipinski definition) is 5. The molecule has 7 heteroatoms. The molecule has 0 saturated carbocycles. The van der Waals surface area contributed by atoms with Gasteiger partial charge in [-0.1, -0.05) is 177 Å². The van der Waals surface area contributed by atoms with E-state index in [1.807, 2.05) is 6.07 Å². The third-order valence-corrected chi connectivity index (χ3v) is 19.2. The van der Waals surface area contributed by atoms with Gasteiger partial charge in [-0.05, 0) is 118 Å². The fraction of sp³-hybridized carbons (Fsp3) is 0.106. The lowest BCUT2D eigenvalue weighted by atomic mass is 9.67. The van der Waals surface area contributed by atoms with Gasteiger partial charge in [-0.2, -0.15) is 0 Å². The molecule has 0 spiro atoms. The number of furan rings is 2. The zero-order valence-electron chi connectivity index (χ0n) is 42.0. The van der Waals surface area contributed by atoms with Crippen LogP contribution in [0.3, 0.4) is 0 Å². The summed E-state index contributed by atoms with van der Waals surface area (Å²) in [6.07, 6.45) is 1.79. The van der Waals surface area contributed by atoms with E-state index in [1.54, 1.807) is 6.20 Å². The van der Waals surface area contributed by atoms with Crippen molar-refractivity contribution < 1.29 is 8.83 Å². The highest BCUT2D eigenvalue weighted by Gasteiger charge is 2.48. The van der Waals surface area contributed by atoms with Crippen molar-refractivity contribution in [2.75, 3.05) is 9.80 Å². The van der Waals surface area contributed by atoms with Crippen LogP contribution in [0.15, 0.2) is 233 Å². The summed E-state index contributed by atoms with van der Waals surface area (Å²) in [4.78, 5) is 9.39. The number of pyridine rings is 1. The van der Waals surface area contributed by atoms with Crippen LogP contribution in [0.1, 0.15) is 22.3 Å². The van der Waals surface area contributed by atoms with E-state index < -0.39 is 21.6 Å². The van der Waals surface area contributed by atoms with Crippen LogP contribution in [0.25, 0.3) is 55.1 Å². The lowest BCUT2D eigenvalue weighted by Crippen LogP contribution is -2.37. The number of aromatic nitrogens is 1. The molecule has 0 amide bonds. The summed E-state index contributed by atoms with van der Waals surface area (Å²) in [5.41, 5.74) is 15.7. The number of rotatable bonds is 10. The zero-order chi connectivity index (χ0) is 49.6. The van der Waals surface area contributed by atoms with E-state index in [0.29, 0.717) is 5.71 Å². The lowest BCUT2D eigenvalue weighted by Gasteiger charge is -2.36. The second kappa shape index (κ2) is 16.9. The minimum Gasteiger partial charge on any atom is -0.454 e. The van der Waals surface area contributed by atoms with Crippen LogP contribution >= 0.6 is 0 Å². The Morgan fingerprint density at radius 2 is 0.945 bits per heavy atom. The highest BCUT2D eigenvalue weighted by Crippen LogP contribution is 2.62. The fourth-order valence-electron chi connectivity index (χ4n) is 11.5. The van der Waals surface area contributed by atoms with Crippen molar-refractivity contribution in [3.63, 3.8) is 0 Å².